The van der Waals surface area contributed by atoms with Gasteiger partial charge in [0.05, 0.1) is 5.69 Å². The van der Waals surface area contributed by atoms with Crippen LogP contribution < -0.4 is 15.5 Å². The third-order valence-corrected chi connectivity index (χ3v) is 3.32. The van der Waals surface area contributed by atoms with E-state index in [1.54, 1.807) is 30.3 Å². The molecule has 6 heteroatoms. The quantitative estimate of drug-likeness (QED) is 0.507. The van der Waals surface area contributed by atoms with Crippen LogP contribution in [-0.4, -0.2) is 23.5 Å². The number of imide groups is 1. The fourth-order valence-electron chi connectivity index (χ4n) is 2.08. The van der Waals surface area contributed by atoms with Crippen LogP contribution in [0.5, 0.6) is 0 Å². The zero-order valence-corrected chi connectivity index (χ0v) is 12.4. The molecule has 2 amide bonds. The summed E-state index contributed by atoms with van der Waals surface area (Å²) in [5, 5.41) is 6.46. The Hall–Kier alpha value is -2.21. The molecule has 1 aliphatic heterocycles. The highest BCUT2D eigenvalue weighted by Crippen LogP contribution is 2.23. The molecule has 0 saturated carbocycles. The average Bonchev–Trinajstić information content (AvgIpc) is 2.46. The molecule has 1 aliphatic rings. The molecular formula is C15H17N3O2S. The summed E-state index contributed by atoms with van der Waals surface area (Å²) in [6.07, 6.45) is 3.18. The molecule has 1 aromatic carbocycles. The Morgan fingerprint density at radius 1 is 1.24 bits per heavy atom. The van der Waals surface area contributed by atoms with Crippen LogP contribution in [-0.2, 0) is 9.59 Å². The lowest BCUT2D eigenvalue weighted by Crippen LogP contribution is -2.40. The number of hydrogen-bond acceptors (Lipinski definition) is 3. The Kier molecular flexibility index (Phi) is 5.05. The number of rotatable bonds is 4. The van der Waals surface area contributed by atoms with Gasteiger partial charge in [0, 0.05) is 25.1 Å². The maximum Gasteiger partial charge on any atom is 0.233 e. The summed E-state index contributed by atoms with van der Waals surface area (Å²) in [5.74, 6) is -0.287. The normalized spacial score (nSPS) is 14.8. The van der Waals surface area contributed by atoms with Crippen LogP contribution in [0.25, 0.3) is 0 Å². The third kappa shape index (κ3) is 3.88. The first kappa shape index (κ1) is 15.2. The largest absolute Gasteiger partial charge is 0.359 e. The number of carbonyl (C=O) groups is 2. The Balaban J connectivity index is 2.04. The molecule has 0 aromatic heterocycles. The maximum atomic E-state index is 11.8. The van der Waals surface area contributed by atoms with Crippen molar-refractivity contribution in [3.63, 3.8) is 0 Å². The van der Waals surface area contributed by atoms with Gasteiger partial charge in [0.1, 0.15) is 0 Å². The molecule has 1 aromatic rings. The standard InChI is InChI=1S/C15H17N3O2S/c1-2-10-16-15(21)17-11-6-8-12(9-7-11)18-13(19)4-3-5-14(18)20/h2,6-9H,1,3-5,10H2,(H2,16,17,21). The van der Waals surface area contributed by atoms with E-state index in [1.807, 2.05) is 0 Å². The van der Waals surface area contributed by atoms with Gasteiger partial charge < -0.3 is 10.6 Å². The molecule has 0 atom stereocenters. The highest BCUT2D eigenvalue weighted by molar-refractivity contribution is 7.80. The molecule has 2 N–H and O–H groups in total. The summed E-state index contributed by atoms with van der Waals surface area (Å²) in [7, 11) is 0. The molecular weight excluding hydrogens is 286 g/mol. The predicted octanol–water partition coefficient (Wildman–Crippen LogP) is 2.20. The fraction of sp³-hybridized carbons (Fsp3) is 0.267. The van der Waals surface area contributed by atoms with E-state index in [0.29, 0.717) is 36.6 Å². The molecule has 5 nitrogen and oxygen atoms in total. The van der Waals surface area contributed by atoms with E-state index in [4.69, 9.17) is 12.2 Å². The van der Waals surface area contributed by atoms with E-state index in [9.17, 15) is 9.59 Å². The SMILES string of the molecule is C=CCNC(=S)Nc1ccc(N2C(=O)CCCC2=O)cc1. The summed E-state index contributed by atoms with van der Waals surface area (Å²) < 4.78 is 0. The summed E-state index contributed by atoms with van der Waals surface area (Å²) in [4.78, 5) is 24.9. The molecule has 110 valence electrons. The van der Waals surface area contributed by atoms with Crippen LogP contribution >= 0.6 is 12.2 Å². The minimum Gasteiger partial charge on any atom is -0.359 e. The van der Waals surface area contributed by atoms with E-state index in [2.05, 4.69) is 17.2 Å². The molecule has 1 saturated heterocycles. The number of benzene rings is 1. The van der Waals surface area contributed by atoms with E-state index in [1.165, 1.54) is 4.90 Å². The number of piperidine rings is 1. The number of carbonyl (C=O) groups excluding carboxylic acids is 2. The van der Waals surface area contributed by atoms with Crippen LogP contribution in [0.4, 0.5) is 11.4 Å². The number of anilines is 2. The number of amides is 2. The Labute approximate surface area is 129 Å². The third-order valence-electron chi connectivity index (χ3n) is 3.07. The van der Waals surface area contributed by atoms with Gasteiger partial charge in [-0.1, -0.05) is 6.08 Å². The lowest BCUT2D eigenvalue weighted by Gasteiger charge is -2.25. The summed E-state index contributed by atoms with van der Waals surface area (Å²) in [6, 6.07) is 7.04. The lowest BCUT2D eigenvalue weighted by molar-refractivity contribution is -0.129. The number of nitrogens with one attached hydrogen (secondary N) is 2. The maximum absolute atomic E-state index is 11.8. The Bertz CT molecular complexity index is 553. The second-order valence-corrected chi connectivity index (χ2v) is 5.06. The van der Waals surface area contributed by atoms with Crippen molar-refractivity contribution in [2.75, 3.05) is 16.8 Å². The smallest absolute Gasteiger partial charge is 0.233 e. The minimum absolute atomic E-state index is 0.143. The van der Waals surface area contributed by atoms with Gasteiger partial charge in [-0.05, 0) is 42.9 Å². The van der Waals surface area contributed by atoms with E-state index < -0.39 is 0 Å². The van der Waals surface area contributed by atoms with Gasteiger partial charge in [0.2, 0.25) is 11.8 Å². The molecule has 0 aliphatic carbocycles. The zero-order valence-electron chi connectivity index (χ0n) is 11.6. The lowest BCUT2D eigenvalue weighted by atomic mass is 10.1. The van der Waals surface area contributed by atoms with Crippen molar-refractivity contribution in [1.82, 2.24) is 5.32 Å². The first-order valence-corrected chi connectivity index (χ1v) is 7.14. The van der Waals surface area contributed by atoms with Gasteiger partial charge in [-0.15, -0.1) is 6.58 Å². The summed E-state index contributed by atoms with van der Waals surface area (Å²) >= 11 is 5.11. The number of nitrogens with zero attached hydrogens (tertiary/aromatic N) is 1. The minimum atomic E-state index is -0.143. The van der Waals surface area contributed by atoms with E-state index in [-0.39, 0.29) is 11.8 Å². The first-order valence-electron chi connectivity index (χ1n) is 6.73. The fourth-order valence-corrected chi connectivity index (χ4v) is 2.28. The molecule has 0 bridgehead atoms. The highest BCUT2D eigenvalue weighted by atomic mass is 32.1. The number of thiocarbonyl (C=S) groups is 1. The van der Waals surface area contributed by atoms with Crippen LogP contribution in [0.15, 0.2) is 36.9 Å². The van der Waals surface area contributed by atoms with Crippen molar-refractivity contribution in [1.29, 1.82) is 0 Å². The van der Waals surface area contributed by atoms with Gasteiger partial charge >= 0.3 is 0 Å². The van der Waals surface area contributed by atoms with Gasteiger partial charge in [-0.25, -0.2) is 0 Å². The predicted molar refractivity (Wildman–Crippen MR) is 87.2 cm³/mol. The van der Waals surface area contributed by atoms with Crippen molar-refractivity contribution in [3.05, 3.63) is 36.9 Å². The molecule has 21 heavy (non-hydrogen) atoms. The average molecular weight is 303 g/mol. The Morgan fingerprint density at radius 3 is 2.43 bits per heavy atom. The van der Waals surface area contributed by atoms with Crippen molar-refractivity contribution >= 4 is 40.5 Å². The monoisotopic (exact) mass is 303 g/mol. The second kappa shape index (κ2) is 6.99. The summed E-state index contributed by atoms with van der Waals surface area (Å²) in [5.41, 5.74) is 1.39. The van der Waals surface area contributed by atoms with Gasteiger partial charge in [-0.2, -0.15) is 0 Å². The van der Waals surface area contributed by atoms with E-state index >= 15 is 0 Å². The molecule has 0 spiro atoms. The topological polar surface area (TPSA) is 61.4 Å². The molecule has 0 radical (unpaired) electrons. The van der Waals surface area contributed by atoms with Gasteiger partial charge in [0.25, 0.3) is 0 Å². The molecule has 0 unspecified atom stereocenters. The van der Waals surface area contributed by atoms with Crippen LogP contribution in [0.2, 0.25) is 0 Å². The van der Waals surface area contributed by atoms with Crippen LogP contribution in [0, 0.1) is 0 Å². The summed E-state index contributed by atoms with van der Waals surface area (Å²) in [6.45, 7) is 4.18. The van der Waals surface area contributed by atoms with Crippen LogP contribution in [0.1, 0.15) is 19.3 Å². The Morgan fingerprint density at radius 2 is 1.86 bits per heavy atom. The zero-order chi connectivity index (χ0) is 15.2. The van der Waals surface area contributed by atoms with Gasteiger partial charge in [-0.3, -0.25) is 14.5 Å². The van der Waals surface area contributed by atoms with Crippen LogP contribution in [0.3, 0.4) is 0 Å². The van der Waals surface area contributed by atoms with Crippen molar-refractivity contribution < 1.29 is 9.59 Å². The second-order valence-electron chi connectivity index (χ2n) is 4.65. The highest BCUT2D eigenvalue weighted by Gasteiger charge is 2.27. The number of hydrogen-bond donors (Lipinski definition) is 2. The van der Waals surface area contributed by atoms with Crippen molar-refractivity contribution in [2.45, 2.75) is 19.3 Å². The van der Waals surface area contributed by atoms with Crippen molar-refractivity contribution in [3.8, 4) is 0 Å². The first-order chi connectivity index (χ1) is 10.1. The van der Waals surface area contributed by atoms with Gasteiger partial charge in [0.15, 0.2) is 5.11 Å². The molecule has 1 heterocycles. The van der Waals surface area contributed by atoms with Crippen molar-refractivity contribution in [2.24, 2.45) is 0 Å². The van der Waals surface area contributed by atoms with E-state index in [0.717, 1.165) is 5.69 Å². The molecule has 2 rings (SSSR count). The molecule has 1 fully saturated rings.